The van der Waals surface area contributed by atoms with Crippen molar-refractivity contribution < 1.29 is 14.5 Å². The van der Waals surface area contributed by atoms with E-state index >= 15 is 0 Å². The topological polar surface area (TPSA) is 121 Å². The molecule has 0 aromatic carbocycles. The van der Waals surface area contributed by atoms with Gasteiger partial charge in [0, 0.05) is 0 Å². The molecule has 0 aliphatic rings. The van der Waals surface area contributed by atoms with Crippen molar-refractivity contribution in [1.29, 1.82) is 0 Å². The summed E-state index contributed by atoms with van der Waals surface area (Å²) in [5.41, 5.74) is 4.61. The molecule has 0 unspecified atom stereocenters. The Kier molecular flexibility index (Phi) is 2.79. The molecule has 1 amide bonds. The number of hydrogen-bond acceptors (Lipinski definition) is 5. The maximum absolute atomic E-state index is 10.8. The van der Waals surface area contributed by atoms with Crippen LogP contribution in [0.2, 0.25) is 0 Å². The number of primary amides is 1. The molecule has 0 atom stereocenters. The third kappa shape index (κ3) is 2.36. The third-order valence-corrected chi connectivity index (χ3v) is 1.57. The van der Waals surface area contributed by atoms with Gasteiger partial charge in [0.15, 0.2) is 11.3 Å². The van der Waals surface area contributed by atoms with Crippen molar-refractivity contribution in [2.75, 3.05) is 0 Å². The fraction of sp³-hybridized carbons (Fsp3) is 0.286. The zero-order chi connectivity index (χ0) is 11.6. The van der Waals surface area contributed by atoms with Crippen molar-refractivity contribution in [2.24, 2.45) is 5.73 Å². The SMILES string of the molecule is CC(=O)Cn1cc(C(N)=O)c([N+](=O)[O-])n1. The lowest BCUT2D eigenvalue weighted by Crippen LogP contribution is -2.12. The molecule has 8 nitrogen and oxygen atoms in total. The van der Waals surface area contributed by atoms with Gasteiger partial charge in [-0.25, -0.2) is 0 Å². The van der Waals surface area contributed by atoms with E-state index in [-0.39, 0.29) is 17.9 Å². The molecule has 0 spiro atoms. The Balaban J connectivity index is 3.15. The number of rotatable bonds is 4. The monoisotopic (exact) mass is 212 g/mol. The molecule has 1 heterocycles. The Morgan fingerprint density at radius 3 is 2.60 bits per heavy atom. The minimum atomic E-state index is -0.948. The molecule has 8 heteroatoms. The van der Waals surface area contributed by atoms with Crippen molar-refractivity contribution in [3.63, 3.8) is 0 Å². The van der Waals surface area contributed by atoms with Gasteiger partial charge in [0.1, 0.15) is 6.54 Å². The van der Waals surface area contributed by atoms with Crippen LogP contribution in [0.5, 0.6) is 0 Å². The quantitative estimate of drug-likeness (QED) is 0.531. The molecule has 0 fully saturated rings. The maximum atomic E-state index is 10.8. The van der Waals surface area contributed by atoms with Gasteiger partial charge in [0.25, 0.3) is 5.91 Å². The Labute approximate surface area is 83.8 Å². The van der Waals surface area contributed by atoms with Crippen LogP contribution in [0.15, 0.2) is 6.20 Å². The van der Waals surface area contributed by atoms with E-state index in [1.165, 1.54) is 6.92 Å². The van der Waals surface area contributed by atoms with Crippen LogP contribution in [-0.4, -0.2) is 26.4 Å². The Morgan fingerprint density at radius 1 is 1.67 bits per heavy atom. The van der Waals surface area contributed by atoms with Crippen molar-refractivity contribution in [3.05, 3.63) is 21.9 Å². The molecule has 0 aliphatic heterocycles. The van der Waals surface area contributed by atoms with E-state index < -0.39 is 16.6 Å². The van der Waals surface area contributed by atoms with E-state index in [1.807, 2.05) is 0 Å². The summed E-state index contributed by atoms with van der Waals surface area (Å²) >= 11 is 0. The Bertz CT molecular complexity index is 405. The molecule has 0 bridgehead atoms. The smallest absolute Gasteiger partial charge is 0.365 e. The number of nitrogens with two attached hydrogens (primary N) is 1. The summed E-state index contributed by atoms with van der Waals surface area (Å²) < 4.78 is 1.01. The minimum Gasteiger partial charge on any atom is -0.365 e. The number of amides is 1. The van der Waals surface area contributed by atoms with Gasteiger partial charge in [-0.05, 0) is 11.8 Å². The number of hydrogen-bond donors (Lipinski definition) is 1. The summed E-state index contributed by atoms with van der Waals surface area (Å²) in [6.07, 6.45) is 1.09. The lowest BCUT2D eigenvalue weighted by molar-refractivity contribution is -0.390. The fourth-order valence-corrected chi connectivity index (χ4v) is 1.03. The van der Waals surface area contributed by atoms with Gasteiger partial charge in [0.05, 0.1) is 11.3 Å². The maximum Gasteiger partial charge on any atom is 0.402 e. The molecule has 80 valence electrons. The lowest BCUT2D eigenvalue weighted by atomic mass is 10.3. The normalized spacial score (nSPS) is 9.93. The summed E-state index contributed by atoms with van der Waals surface area (Å²) in [6.45, 7) is 1.17. The van der Waals surface area contributed by atoms with E-state index in [1.54, 1.807) is 0 Å². The van der Waals surface area contributed by atoms with Crippen LogP contribution in [0.1, 0.15) is 17.3 Å². The van der Waals surface area contributed by atoms with Crippen LogP contribution in [0.4, 0.5) is 5.82 Å². The molecule has 15 heavy (non-hydrogen) atoms. The standard InChI is InChI=1S/C7H8N4O4/c1-4(12)2-10-3-5(6(8)13)7(9-10)11(14)15/h3H,2H2,1H3,(H2,8,13). The molecule has 0 saturated carbocycles. The van der Waals surface area contributed by atoms with E-state index in [2.05, 4.69) is 5.10 Å². The third-order valence-electron chi connectivity index (χ3n) is 1.57. The summed E-state index contributed by atoms with van der Waals surface area (Å²) in [5, 5.41) is 13.9. The van der Waals surface area contributed by atoms with Crippen LogP contribution < -0.4 is 5.73 Å². The highest BCUT2D eigenvalue weighted by atomic mass is 16.6. The van der Waals surface area contributed by atoms with Gasteiger partial charge in [-0.15, -0.1) is 0 Å². The zero-order valence-corrected chi connectivity index (χ0v) is 7.84. The summed E-state index contributed by atoms with van der Waals surface area (Å²) in [7, 11) is 0. The van der Waals surface area contributed by atoms with Crippen molar-refractivity contribution >= 4 is 17.5 Å². The molecule has 0 aliphatic carbocycles. The lowest BCUT2D eigenvalue weighted by Gasteiger charge is -1.88. The summed E-state index contributed by atoms with van der Waals surface area (Å²) in [6, 6.07) is 0. The average Bonchev–Trinajstić information content (AvgIpc) is 2.46. The van der Waals surface area contributed by atoms with Crippen LogP contribution in [0, 0.1) is 10.1 Å². The molecule has 0 saturated heterocycles. The van der Waals surface area contributed by atoms with Gasteiger partial charge in [0.2, 0.25) is 0 Å². The van der Waals surface area contributed by atoms with E-state index in [0.29, 0.717) is 0 Å². The number of carbonyl (C=O) groups is 2. The van der Waals surface area contributed by atoms with Crippen LogP contribution in [-0.2, 0) is 11.3 Å². The first-order chi connectivity index (χ1) is 6.91. The van der Waals surface area contributed by atoms with Gasteiger partial charge in [-0.2, -0.15) is 4.68 Å². The van der Waals surface area contributed by atoms with Crippen molar-refractivity contribution in [3.8, 4) is 0 Å². The zero-order valence-electron chi connectivity index (χ0n) is 7.84. The van der Waals surface area contributed by atoms with E-state index in [9.17, 15) is 19.7 Å². The van der Waals surface area contributed by atoms with Gasteiger partial charge in [-0.3, -0.25) is 9.59 Å². The molecule has 0 radical (unpaired) electrons. The van der Waals surface area contributed by atoms with Gasteiger partial charge in [-0.1, -0.05) is 0 Å². The number of nitro groups is 1. The second-order valence-electron chi connectivity index (χ2n) is 2.89. The first-order valence-corrected chi connectivity index (χ1v) is 3.93. The number of nitrogens with zero attached hydrogens (tertiary/aromatic N) is 3. The molecular formula is C7H8N4O4. The van der Waals surface area contributed by atoms with Gasteiger partial charge >= 0.3 is 5.82 Å². The van der Waals surface area contributed by atoms with Crippen LogP contribution in [0.3, 0.4) is 0 Å². The molecular weight excluding hydrogens is 204 g/mol. The summed E-state index contributed by atoms with van der Waals surface area (Å²) in [4.78, 5) is 31.2. The molecule has 1 rings (SSSR count). The predicted octanol–water partition coefficient (Wildman–Crippen LogP) is -0.521. The highest BCUT2D eigenvalue weighted by Crippen LogP contribution is 2.14. The van der Waals surface area contributed by atoms with Crippen molar-refractivity contribution in [1.82, 2.24) is 9.78 Å². The Hall–Kier alpha value is -2.25. The first-order valence-electron chi connectivity index (χ1n) is 3.93. The number of Topliss-reactive ketones (excluding diaryl/α,β-unsaturated/α-hetero) is 1. The van der Waals surface area contributed by atoms with Crippen LogP contribution >= 0.6 is 0 Å². The number of ketones is 1. The Morgan fingerprint density at radius 2 is 2.27 bits per heavy atom. The second kappa shape index (κ2) is 3.86. The highest BCUT2D eigenvalue weighted by Gasteiger charge is 2.24. The van der Waals surface area contributed by atoms with E-state index in [4.69, 9.17) is 5.73 Å². The predicted molar refractivity (Wildman–Crippen MR) is 48.1 cm³/mol. The van der Waals surface area contributed by atoms with Crippen molar-refractivity contribution in [2.45, 2.75) is 13.5 Å². The number of aromatic nitrogens is 2. The molecule has 1 aromatic heterocycles. The highest BCUT2D eigenvalue weighted by molar-refractivity contribution is 5.96. The average molecular weight is 212 g/mol. The molecule has 1 aromatic rings. The number of carbonyl (C=O) groups excluding carboxylic acids is 2. The van der Waals surface area contributed by atoms with Crippen LogP contribution in [0.25, 0.3) is 0 Å². The first kappa shape index (κ1) is 10.8. The molecule has 2 N–H and O–H groups in total. The second-order valence-corrected chi connectivity index (χ2v) is 2.89. The summed E-state index contributed by atoms with van der Waals surface area (Å²) in [5.74, 6) is -1.82. The minimum absolute atomic E-state index is 0.131. The van der Waals surface area contributed by atoms with E-state index in [0.717, 1.165) is 10.9 Å². The largest absolute Gasteiger partial charge is 0.402 e. The van der Waals surface area contributed by atoms with Gasteiger partial charge < -0.3 is 15.8 Å². The fourth-order valence-electron chi connectivity index (χ4n) is 1.03.